The summed E-state index contributed by atoms with van der Waals surface area (Å²) in [5.74, 6) is 0. The molecule has 9 aromatic rings. The Morgan fingerprint density at radius 1 is 0.375 bits per heavy atom. The van der Waals surface area contributed by atoms with Crippen LogP contribution in [0, 0.1) is 0 Å². The lowest BCUT2D eigenvalue weighted by atomic mass is 9.87. The highest BCUT2D eigenvalue weighted by atomic mass is 16.1. The molecular weight excluding hydrogens is 484 g/mol. The molecule has 1 heteroatoms. The SMILES string of the molecule is O=Cc1cc(-c2ccc3ccc4cccc5ccc2c3c45)cc(-c2ccc3ccc4cccc5ccc2c3c45)c1. The minimum absolute atomic E-state index is 0.684. The highest BCUT2D eigenvalue weighted by molar-refractivity contribution is 6.27. The van der Waals surface area contributed by atoms with Crippen LogP contribution < -0.4 is 0 Å². The summed E-state index contributed by atoms with van der Waals surface area (Å²) in [6.45, 7) is 0. The second-order valence-electron chi connectivity index (χ2n) is 10.9. The molecule has 0 spiro atoms. The van der Waals surface area contributed by atoms with Crippen LogP contribution >= 0.6 is 0 Å². The molecule has 0 aliphatic rings. The topological polar surface area (TPSA) is 17.1 Å². The zero-order valence-electron chi connectivity index (χ0n) is 21.6. The summed E-state index contributed by atoms with van der Waals surface area (Å²) >= 11 is 0. The summed E-state index contributed by atoms with van der Waals surface area (Å²) in [5, 5.41) is 15.1. The summed E-state index contributed by atoms with van der Waals surface area (Å²) in [5.41, 5.74) is 5.09. The smallest absolute Gasteiger partial charge is 0.150 e. The standard InChI is InChI=1S/C39H22O/c40-22-23-19-30(32-15-11-28-9-7-24-3-1-5-26-13-17-34(32)38(28)36(24)26)21-31(20-23)33-16-12-29-10-8-25-4-2-6-27-14-18-35(33)39(29)37(25)27/h1-22H. The second-order valence-corrected chi connectivity index (χ2v) is 10.9. The summed E-state index contributed by atoms with van der Waals surface area (Å²) < 4.78 is 0. The number of aldehydes is 1. The minimum Gasteiger partial charge on any atom is -0.298 e. The van der Waals surface area contributed by atoms with Crippen LogP contribution in [0.5, 0.6) is 0 Å². The zero-order chi connectivity index (χ0) is 26.4. The number of hydrogen-bond donors (Lipinski definition) is 0. The first-order valence-electron chi connectivity index (χ1n) is 13.7. The molecule has 0 heterocycles. The Bertz CT molecular complexity index is 2250. The van der Waals surface area contributed by atoms with E-state index in [9.17, 15) is 4.79 Å². The Morgan fingerprint density at radius 2 is 0.750 bits per heavy atom. The van der Waals surface area contributed by atoms with Crippen molar-refractivity contribution in [3.8, 4) is 22.3 Å². The van der Waals surface area contributed by atoms with E-state index >= 15 is 0 Å². The number of carbonyl (C=O) groups excluding carboxylic acids is 1. The first kappa shape index (κ1) is 21.6. The molecule has 1 nitrogen and oxygen atoms in total. The normalized spacial score (nSPS) is 12.1. The third-order valence-corrected chi connectivity index (χ3v) is 8.77. The molecular formula is C39H22O. The quantitative estimate of drug-likeness (QED) is 0.172. The molecule has 0 radical (unpaired) electrons. The van der Waals surface area contributed by atoms with Crippen LogP contribution in [-0.2, 0) is 0 Å². The van der Waals surface area contributed by atoms with Crippen LogP contribution in [0.15, 0.2) is 127 Å². The average molecular weight is 507 g/mol. The Kier molecular flexibility index (Phi) is 4.26. The summed E-state index contributed by atoms with van der Waals surface area (Å²) in [4.78, 5) is 12.2. The van der Waals surface area contributed by atoms with Gasteiger partial charge in [-0.3, -0.25) is 4.79 Å². The van der Waals surface area contributed by atoms with Crippen LogP contribution in [0.1, 0.15) is 10.4 Å². The molecule has 0 unspecified atom stereocenters. The molecule has 9 aromatic carbocycles. The Labute approximate surface area is 230 Å². The molecule has 0 aromatic heterocycles. The van der Waals surface area contributed by atoms with E-state index in [1.807, 2.05) is 12.1 Å². The van der Waals surface area contributed by atoms with Gasteiger partial charge in [0, 0.05) is 5.56 Å². The van der Waals surface area contributed by atoms with Crippen molar-refractivity contribution in [1.82, 2.24) is 0 Å². The van der Waals surface area contributed by atoms with Crippen molar-refractivity contribution in [2.45, 2.75) is 0 Å². The van der Waals surface area contributed by atoms with Gasteiger partial charge in [-0.2, -0.15) is 0 Å². The van der Waals surface area contributed by atoms with Gasteiger partial charge in [-0.05, 0) is 105 Å². The van der Waals surface area contributed by atoms with Crippen molar-refractivity contribution < 1.29 is 4.79 Å². The van der Waals surface area contributed by atoms with E-state index in [0.29, 0.717) is 5.56 Å². The predicted molar refractivity (Wildman–Crippen MR) is 170 cm³/mol. The van der Waals surface area contributed by atoms with Gasteiger partial charge in [-0.15, -0.1) is 0 Å². The summed E-state index contributed by atoms with van der Waals surface area (Å²) in [7, 11) is 0. The molecule has 0 saturated carbocycles. The third-order valence-electron chi connectivity index (χ3n) is 8.77. The van der Waals surface area contributed by atoms with E-state index < -0.39 is 0 Å². The van der Waals surface area contributed by atoms with E-state index in [-0.39, 0.29) is 0 Å². The maximum Gasteiger partial charge on any atom is 0.150 e. The van der Waals surface area contributed by atoms with Crippen molar-refractivity contribution in [1.29, 1.82) is 0 Å². The van der Waals surface area contributed by atoms with Gasteiger partial charge < -0.3 is 0 Å². The maximum absolute atomic E-state index is 12.2. The van der Waals surface area contributed by atoms with E-state index in [1.165, 1.54) is 64.6 Å². The highest BCUT2D eigenvalue weighted by Crippen LogP contribution is 2.42. The Morgan fingerprint density at radius 3 is 1.18 bits per heavy atom. The van der Waals surface area contributed by atoms with E-state index in [2.05, 4.69) is 115 Å². The van der Waals surface area contributed by atoms with Crippen molar-refractivity contribution >= 4 is 70.9 Å². The lowest BCUT2D eigenvalue weighted by Gasteiger charge is -2.17. The van der Waals surface area contributed by atoms with Crippen molar-refractivity contribution in [2.75, 3.05) is 0 Å². The molecule has 184 valence electrons. The predicted octanol–water partition coefficient (Wildman–Crippen LogP) is 10.6. The lowest BCUT2D eigenvalue weighted by molar-refractivity contribution is 0.112. The van der Waals surface area contributed by atoms with Crippen LogP contribution in [0.2, 0.25) is 0 Å². The van der Waals surface area contributed by atoms with Gasteiger partial charge in [-0.25, -0.2) is 0 Å². The van der Waals surface area contributed by atoms with Crippen LogP contribution in [0.4, 0.5) is 0 Å². The number of rotatable bonds is 3. The van der Waals surface area contributed by atoms with E-state index in [1.54, 1.807) is 0 Å². The third kappa shape index (κ3) is 2.89. The average Bonchev–Trinajstić information content (AvgIpc) is 3.02. The van der Waals surface area contributed by atoms with Crippen LogP contribution in [0.25, 0.3) is 86.9 Å². The zero-order valence-corrected chi connectivity index (χ0v) is 21.6. The largest absolute Gasteiger partial charge is 0.298 e. The molecule has 0 aliphatic carbocycles. The van der Waals surface area contributed by atoms with Gasteiger partial charge >= 0.3 is 0 Å². The van der Waals surface area contributed by atoms with Gasteiger partial charge in [0.1, 0.15) is 6.29 Å². The maximum atomic E-state index is 12.2. The highest BCUT2D eigenvalue weighted by Gasteiger charge is 2.16. The minimum atomic E-state index is 0.684. The van der Waals surface area contributed by atoms with Gasteiger partial charge in [0.05, 0.1) is 0 Å². The van der Waals surface area contributed by atoms with Gasteiger partial charge in [0.25, 0.3) is 0 Å². The molecule has 0 bridgehead atoms. The van der Waals surface area contributed by atoms with Crippen molar-refractivity contribution in [2.24, 2.45) is 0 Å². The number of benzene rings is 9. The number of hydrogen-bond acceptors (Lipinski definition) is 1. The fourth-order valence-corrected chi connectivity index (χ4v) is 7.00. The summed E-state index contributed by atoms with van der Waals surface area (Å²) in [6, 6.07) is 45.9. The fraction of sp³-hybridized carbons (Fsp3) is 0. The molecule has 40 heavy (non-hydrogen) atoms. The van der Waals surface area contributed by atoms with Gasteiger partial charge in [0.2, 0.25) is 0 Å². The van der Waals surface area contributed by atoms with Crippen LogP contribution in [-0.4, -0.2) is 6.29 Å². The summed E-state index contributed by atoms with van der Waals surface area (Å²) in [6.07, 6.45) is 0.971. The Hall–Kier alpha value is -5.27. The van der Waals surface area contributed by atoms with Crippen molar-refractivity contribution in [3.63, 3.8) is 0 Å². The fourth-order valence-electron chi connectivity index (χ4n) is 7.00. The molecule has 0 saturated heterocycles. The van der Waals surface area contributed by atoms with E-state index in [4.69, 9.17) is 0 Å². The molecule has 0 aliphatic heterocycles. The van der Waals surface area contributed by atoms with Gasteiger partial charge in [-0.1, -0.05) is 109 Å². The second kappa shape index (κ2) is 7.88. The van der Waals surface area contributed by atoms with Crippen LogP contribution in [0.3, 0.4) is 0 Å². The number of carbonyl (C=O) groups is 1. The van der Waals surface area contributed by atoms with Gasteiger partial charge in [0.15, 0.2) is 0 Å². The monoisotopic (exact) mass is 506 g/mol. The lowest BCUT2D eigenvalue weighted by Crippen LogP contribution is -1.91. The molecule has 0 amide bonds. The molecule has 0 N–H and O–H groups in total. The Balaban J connectivity index is 1.34. The van der Waals surface area contributed by atoms with E-state index in [0.717, 1.165) is 28.5 Å². The molecule has 0 fully saturated rings. The molecule has 0 atom stereocenters. The molecule has 9 rings (SSSR count). The van der Waals surface area contributed by atoms with Crippen molar-refractivity contribution in [3.05, 3.63) is 133 Å². The first-order valence-corrected chi connectivity index (χ1v) is 13.7. The first-order chi connectivity index (χ1) is 19.8.